The Morgan fingerprint density at radius 2 is 2.08 bits per heavy atom. The van der Waals surface area contributed by atoms with E-state index in [9.17, 15) is 0 Å². The van der Waals surface area contributed by atoms with Gasteiger partial charge in [-0.05, 0) is 12.5 Å². The maximum atomic E-state index is 5.71. The van der Waals surface area contributed by atoms with Gasteiger partial charge in [0.2, 0.25) is 0 Å². The molecule has 1 saturated heterocycles. The van der Waals surface area contributed by atoms with Gasteiger partial charge < -0.3 is 10.1 Å². The van der Waals surface area contributed by atoms with E-state index in [0.29, 0.717) is 6.04 Å². The molecule has 13 heavy (non-hydrogen) atoms. The van der Waals surface area contributed by atoms with Gasteiger partial charge in [-0.25, -0.2) is 0 Å². The van der Waals surface area contributed by atoms with Crippen LogP contribution in [-0.4, -0.2) is 19.2 Å². The highest BCUT2D eigenvalue weighted by Crippen LogP contribution is 2.19. The van der Waals surface area contributed by atoms with Gasteiger partial charge in [-0.15, -0.1) is 0 Å². The zero-order chi connectivity index (χ0) is 9.10. The molecule has 1 heterocycles. The molecule has 1 aromatic carbocycles. The van der Waals surface area contributed by atoms with E-state index in [-0.39, 0.29) is 6.10 Å². The summed E-state index contributed by atoms with van der Waals surface area (Å²) in [7, 11) is 0. The average Bonchev–Trinajstić information content (AvgIpc) is 2.20. The number of hydrogen-bond donors (Lipinski definition) is 1. The SMILES string of the molecule is C[C@@H]1COC(c2ccccc2)CN1. The lowest BCUT2D eigenvalue weighted by molar-refractivity contribution is 0.00695. The Kier molecular flexibility index (Phi) is 2.62. The standard InChI is InChI=1S/C11H15NO/c1-9-8-13-11(7-12-9)10-5-3-2-4-6-10/h2-6,9,11-12H,7-8H2,1H3/t9-,11?/m1/s1. The highest BCUT2D eigenvalue weighted by atomic mass is 16.5. The van der Waals surface area contributed by atoms with Gasteiger partial charge >= 0.3 is 0 Å². The largest absolute Gasteiger partial charge is 0.371 e. The fourth-order valence-corrected chi connectivity index (χ4v) is 1.57. The van der Waals surface area contributed by atoms with Crippen molar-refractivity contribution in [2.45, 2.75) is 19.1 Å². The molecular formula is C11H15NO. The van der Waals surface area contributed by atoms with Gasteiger partial charge in [0.05, 0.1) is 12.7 Å². The summed E-state index contributed by atoms with van der Waals surface area (Å²) in [6.45, 7) is 3.87. The van der Waals surface area contributed by atoms with Crippen LogP contribution in [0.1, 0.15) is 18.6 Å². The van der Waals surface area contributed by atoms with E-state index >= 15 is 0 Å². The Morgan fingerprint density at radius 1 is 1.31 bits per heavy atom. The zero-order valence-electron chi connectivity index (χ0n) is 7.86. The van der Waals surface area contributed by atoms with E-state index in [1.807, 2.05) is 6.07 Å². The number of rotatable bonds is 1. The van der Waals surface area contributed by atoms with Gasteiger partial charge in [-0.2, -0.15) is 0 Å². The summed E-state index contributed by atoms with van der Waals surface area (Å²) in [5, 5.41) is 3.41. The Morgan fingerprint density at radius 3 is 2.69 bits per heavy atom. The fraction of sp³-hybridized carbons (Fsp3) is 0.455. The van der Waals surface area contributed by atoms with Crippen molar-refractivity contribution in [2.24, 2.45) is 0 Å². The topological polar surface area (TPSA) is 21.3 Å². The molecule has 70 valence electrons. The molecule has 0 saturated carbocycles. The van der Waals surface area contributed by atoms with Crippen molar-refractivity contribution in [1.82, 2.24) is 5.32 Å². The van der Waals surface area contributed by atoms with Crippen molar-refractivity contribution < 1.29 is 4.74 Å². The van der Waals surface area contributed by atoms with Gasteiger partial charge in [0.1, 0.15) is 0 Å². The Labute approximate surface area is 78.9 Å². The van der Waals surface area contributed by atoms with Crippen molar-refractivity contribution in [3.63, 3.8) is 0 Å². The molecule has 2 rings (SSSR count). The van der Waals surface area contributed by atoms with Gasteiger partial charge in [0, 0.05) is 12.6 Å². The van der Waals surface area contributed by atoms with Crippen LogP contribution in [0.4, 0.5) is 0 Å². The molecule has 1 aromatic rings. The summed E-state index contributed by atoms with van der Waals surface area (Å²) in [4.78, 5) is 0. The second kappa shape index (κ2) is 3.90. The molecule has 0 spiro atoms. The summed E-state index contributed by atoms with van der Waals surface area (Å²) in [6, 6.07) is 10.8. The van der Waals surface area contributed by atoms with E-state index in [1.165, 1.54) is 5.56 Å². The highest BCUT2D eigenvalue weighted by Gasteiger charge is 2.18. The van der Waals surface area contributed by atoms with Crippen LogP contribution in [0.2, 0.25) is 0 Å². The van der Waals surface area contributed by atoms with Crippen molar-refractivity contribution in [2.75, 3.05) is 13.2 Å². The van der Waals surface area contributed by atoms with E-state index in [2.05, 4.69) is 36.5 Å². The van der Waals surface area contributed by atoms with Gasteiger partial charge in [-0.1, -0.05) is 30.3 Å². The molecule has 1 unspecified atom stereocenters. The lowest BCUT2D eigenvalue weighted by Gasteiger charge is -2.28. The van der Waals surface area contributed by atoms with Crippen molar-refractivity contribution in [1.29, 1.82) is 0 Å². The molecule has 2 heteroatoms. The lowest BCUT2D eigenvalue weighted by atomic mass is 10.1. The molecule has 1 aliphatic heterocycles. The highest BCUT2D eigenvalue weighted by molar-refractivity contribution is 5.18. The molecule has 0 aliphatic carbocycles. The van der Waals surface area contributed by atoms with E-state index in [1.54, 1.807) is 0 Å². The number of hydrogen-bond acceptors (Lipinski definition) is 2. The Balaban J connectivity index is 2.03. The lowest BCUT2D eigenvalue weighted by Crippen LogP contribution is -2.40. The number of ether oxygens (including phenoxy) is 1. The minimum atomic E-state index is 0.234. The molecule has 0 amide bonds. The predicted molar refractivity (Wildman–Crippen MR) is 52.6 cm³/mol. The van der Waals surface area contributed by atoms with Crippen LogP contribution < -0.4 is 5.32 Å². The van der Waals surface area contributed by atoms with Crippen LogP contribution >= 0.6 is 0 Å². The summed E-state index contributed by atoms with van der Waals surface area (Å²) in [5.74, 6) is 0. The normalized spacial score (nSPS) is 28.7. The van der Waals surface area contributed by atoms with Gasteiger partial charge in [-0.3, -0.25) is 0 Å². The monoisotopic (exact) mass is 177 g/mol. The first-order valence-electron chi connectivity index (χ1n) is 4.76. The average molecular weight is 177 g/mol. The maximum absolute atomic E-state index is 5.71. The van der Waals surface area contributed by atoms with E-state index in [4.69, 9.17) is 4.74 Å². The summed E-state index contributed by atoms with van der Waals surface area (Å²) in [5.41, 5.74) is 1.27. The minimum Gasteiger partial charge on any atom is -0.371 e. The Hall–Kier alpha value is -0.860. The van der Waals surface area contributed by atoms with Crippen LogP contribution in [0.25, 0.3) is 0 Å². The van der Waals surface area contributed by atoms with Gasteiger partial charge in [0.15, 0.2) is 0 Å². The third kappa shape index (κ3) is 2.08. The van der Waals surface area contributed by atoms with E-state index in [0.717, 1.165) is 13.2 Å². The first-order valence-corrected chi connectivity index (χ1v) is 4.76. The quantitative estimate of drug-likeness (QED) is 0.705. The second-order valence-corrected chi connectivity index (χ2v) is 3.54. The molecule has 0 aromatic heterocycles. The third-order valence-electron chi connectivity index (χ3n) is 2.37. The Bertz CT molecular complexity index is 252. The van der Waals surface area contributed by atoms with Crippen LogP contribution in [-0.2, 0) is 4.74 Å². The maximum Gasteiger partial charge on any atom is 0.0950 e. The number of benzene rings is 1. The first kappa shape index (κ1) is 8.73. The summed E-state index contributed by atoms with van der Waals surface area (Å²) < 4.78 is 5.71. The fourth-order valence-electron chi connectivity index (χ4n) is 1.57. The van der Waals surface area contributed by atoms with Crippen molar-refractivity contribution in [3.05, 3.63) is 35.9 Å². The third-order valence-corrected chi connectivity index (χ3v) is 2.37. The number of nitrogens with one attached hydrogen (secondary N) is 1. The smallest absolute Gasteiger partial charge is 0.0950 e. The molecule has 0 radical (unpaired) electrons. The van der Waals surface area contributed by atoms with Crippen molar-refractivity contribution in [3.8, 4) is 0 Å². The molecule has 1 aliphatic rings. The molecule has 1 fully saturated rings. The minimum absolute atomic E-state index is 0.234. The van der Waals surface area contributed by atoms with Crippen molar-refractivity contribution >= 4 is 0 Å². The molecule has 0 bridgehead atoms. The molecule has 1 N–H and O–H groups in total. The van der Waals surface area contributed by atoms with Crippen LogP contribution in [0.5, 0.6) is 0 Å². The van der Waals surface area contributed by atoms with Crippen LogP contribution in [0.15, 0.2) is 30.3 Å². The van der Waals surface area contributed by atoms with Crippen LogP contribution in [0.3, 0.4) is 0 Å². The summed E-state index contributed by atoms with van der Waals surface area (Å²) in [6.07, 6.45) is 0.234. The van der Waals surface area contributed by atoms with E-state index < -0.39 is 0 Å². The molecule has 2 atom stereocenters. The van der Waals surface area contributed by atoms with Gasteiger partial charge in [0.25, 0.3) is 0 Å². The zero-order valence-corrected chi connectivity index (χ0v) is 7.86. The molecular weight excluding hydrogens is 162 g/mol. The van der Waals surface area contributed by atoms with Crippen LogP contribution in [0, 0.1) is 0 Å². The number of morpholine rings is 1. The molecule has 2 nitrogen and oxygen atoms in total. The predicted octanol–water partition coefficient (Wildman–Crippen LogP) is 1.74. The second-order valence-electron chi connectivity index (χ2n) is 3.54. The first-order chi connectivity index (χ1) is 6.36. The summed E-state index contributed by atoms with van der Waals surface area (Å²) >= 11 is 0.